The quantitative estimate of drug-likeness (QED) is 0.107. The van der Waals surface area contributed by atoms with Crippen molar-refractivity contribution in [2.24, 2.45) is 0 Å². The number of carbonyl (C=O) groups excluding carboxylic acids is 1. The number of nitrogens with one attached hydrogen (secondary N) is 2. The molecule has 2 aliphatic rings. The lowest BCUT2D eigenvalue weighted by molar-refractivity contribution is 0.0698. The van der Waals surface area contributed by atoms with Gasteiger partial charge in [0.2, 0.25) is 0 Å². The molecule has 2 saturated heterocycles. The van der Waals surface area contributed by atoms with E-state index in [1.807, 2.05) is 91.4 Å². The second-order valence-electron chi connectivity index (χ2n) is 18.2. The number of hydrogen-bond acceptors (Lipinski definition) is 14. The number of benzene rings is 5. The molecule has 12 rings (SSSR count). The Balaban J connectivity index is 0.000000143. The number of piperazine rings is 2. The van der Waals surface area contributed by atoms with E-state index in [1.54, 1.807) is 43.1 Å². The fourth-order valence-electron chi connectivity index (χ4n) is 9.57. The zero-order valence-electron chi connectivity index (χ0n) is 41.3. The lowest BCUT2D eigenvalue weighted by Crippen LogP contribution is -2.46. The predicted molar refractivity (Wildman–Crippen MR) is 292 cm³/mol. The first-order chi connectivity index (χ1) is 36.2. The number of aromatic amines is 1. The predicted octanol–water partition coefficient (Wildman–Crippen LogP) is 8.52. The first-order valence-electron chi connectivity index (χ1n) is 24.7. The number of amides is 1. The van der Waals surface area contributed by atoms with Crippen LogP contribution in [0, 0.1) is 0 Å². The van der Waals surface area contributed by atoms with E-state index >= 15 is 0 Å². The van der Waals surface area contributed by atoms with Gasteiger partial charge in [0.15, 0.2) is 5.95 Å². The average molecular weight is 985 g/mol. The molecule has 10 aromatic rings. The molecular formula is C57H56N14O3. The highest BCUT2D eigenvalue weighted by Crippen LogP contribution is 2.35. The minimum Gasteiger partial charge on any atom is -0.478 e. The fourth-order valence-corrected chi connectivity index (χ4v) is 9.57. The summed E-state index contributed by atoms with van der Waals surface area (Å²) in [5.74, 6) is -0.715. The van der Waals surface area contributed by atoms with Crippen LogP contribution in [0.25, 0.3) is 65.9 Å². The monoisotopic (exact) mass is 984 g/mol. The van der Waals surface area contributed by atoms with Gasteiger partial charge in [0.25, 0.3) is 5.91 Å². The number of carboxylic acid groups (broad SMARTS) is 1. The Labute approximate surface area is 427 Å². The zero-order chi connectivity index (χ0) is 51.0. The lowest BCUT2D eigenvalue weighted by Gasteiger charge is -2.35. The summed E-state index contributed by atoms with van der Waals surface area (Å²) >= 11 is 0. The SMILES string of the molecule is CCN1CCN(c2cccc(NC(=O)c3ccc(-c4cncc5ccccc45)c4nccnc34)c2)CC1.CN1CCN(Cc2cnc(N)[nH]2)CC1.O=C(O)c1ccc(-c2cncc3ccccc23)c2nccnc12. The van der Waals surface area contributed by atoms with E-state index in [-0.39, 0.29) is 11.5 Å². The third kappa shape index (κ3) is 10.8. The molecule has 0 saturated carbocycles. The maximum absolute atomic E-state index is 13.4. The molecule has 0 unspecified atom stereocenters. The van der Waals surface area contributed by atoms with Crippen LogP contribution in [0.2, 0.25) is 0 Å². The summed E-state index contributed by atoms with van der Waals surface area (Å²) in [6.45, 7) is 12.8. The number of H-pyrrole nitrogens is 1. The number of likely N-dealkylation sites (N-methyl/N-ethyl adjacent to an activating group) is 2. The number of imidazole rings is 1. The molecule has 372 valence electrons. The number of aromatic carboxylic acids is 1. The van der Waals surface area contributed by atoms with Gasteiger partial charge in [-0.1, -0.05) is 73.7 Å². The summed E-state index contributed by atoms with van der Waals surface area (Å²) in [5, 5.41) is 16.6. The Kier molecular flexibility index (Phi) is 14.7. The fraction of sp³-hybridized carbons (Fsp3) is 0.211. The van der Waals surface area contributed by atoms with Crippen molar-refractivity contribution < 1.29 is 14.7 Å². The zero-order valence-corrected chi connectivity index (χ0v) is 41.3. The van der Waals surface area contributed by atoms with Crippen LogP contribution in [0.3, 0.4) is 0 Å². The summed E-state index contributed by atoms with van der Waals surface area (Å²) in [5.41, 5.74) is 14.9. The van der Waals surface area contributed by atoms with E-state index in [4.69, 9.17) is 5.73 Å². The number of anilines is 3. The van der Waals surface area contributed by atoms with Gasteiger partial charge in [0.05, 0.1) is 34.1 Å². The summed E-state index contributed by atoms with van der Waals surface area (Å²) in [6, 6.07) is 31.2. The molecule has 7 heterocycles. The van der Waals surface area contributed by atoms with Gasteiger partial charge in [0, 0.05) is 153 Å². The summed E-state index contributed by atoms with van der Waals surface area (Å²) in [7, 11) is 2.16. The molecule has 5 aromatic heterocycles. The van der Waals surface area contributed by atoms with Crippen molar-refractivity contribution in [1.29, 1.82) is 0 Å². The molecule has 0 spiro atoms. The van der Waals surface area contributed by atoms with Crippen molar-refractivity contribution in [2.75, 3.05) is 81.9 Å². The average Bonchev–Trinajstić information content (AvgIpc) is 3.86. The van der Waals surface area contributed by atoms with Gasteiger partial charge in [-0.3, -0.25) is 39.6 Å². The second kappa shape index (κ2) is 22.3. The number of carbonyl (C=O) groups is 2. The van der Waals surface area contributed by atoms with Crippen molar-refractivity contribution in [1.82, 2.24) is 54.6 Å². The van der Waals surface area contributed by atoms with Crippen LogP contribution in [0.5, 0.6) is 0 Å². The highest BCUT2D eigenvalue weighted by atomic mass is 16.4. The number of fused-ring (bicyclic) bond motifs is 4. The molecule has 2 aliphatic heterocycles. The van der Waals surface area contributed by atoms with Gasteiger partial charge in [-0.25, -0.2) is 9.78 Å². The molecule has 1 amide bonds. The number of nitrogens with two attached hydrogens (primary N) is 1. The van der Waals surface area contributed by atoms with E-state index in [1.165, 1.54) is 6.20 Å². The molecule has 0 bridgehead atoms. The van der Waals surface area contributed by atoms with Crippen LogP contribution >= 0.6 is 0 Å². The van der Waals surface area contributed by atoms with Gasteiger partial charge in [0.1, 0.15) is 11.0 Å². The number of nitrogens with zero attached hydrogens (tertiary/aromatic N) is 11. The van der Waals surface area contributed by atoms with Crippen LogP contribution in [0.4, 0.5) is 17.3 Å². The summed E-state index contributed by atoms with van der Waals surface area (Å²) in [6.07, 6.45) is 15.4. The van der Waals surface area contributed by atoms with E-state index < -0.39 is 5.97 Å². The van der Waals surface area contributed by atoms with E-state index in [0.717, 1.165) is 126 Å². The Morgan fingerprint density at radius 2 is 1.15 bits per heavy atom. The smallest absolute Gasteiger partial charge is 0.337 e. The third-order valence-electron chi connectivity index (χ3n) is 13.6. The first kappa shape index (κ1) is 48.8. The van der Waals surface area contributed by atoms with Gasteiger partial charge >= 0.3 is 5.97 Å². The number of aromatic nitrogens is 8. The maximum atomic E-state index is 13.4. The lowest BCUT2D eigenvalue weighted by atomic mass is 9.97. The van der Waals surface area contributed by atoms with Crippen LogP contribution < -0.4 is 16.0 Å². The highest BCUT2D eigenvalue weighted by molar-refractivity contribution is 6.15. The van der Waals surface area contributed by atoms with Crippen LogP contribution in [-0.2, 0) is 6.54 Å². The Hall–Kier alpha value is -8.77. The number of carboxylic acids is 1. The van der Waals surface area contributed by atoms with E-state index in [9.17, 15) is 14.7 Å². The largest absolute Gasteiger partial charge is 0.478 e. The minimum absolute atomic E-state index is 0.144. The molecule has 17 heteroatoms. The van der Waals surface area contributed by atoms with Crippen molar-refractivity contribution in [2.45, 2.75) is 13.5 Å². The maximum Gasteiger partial charge on any atom is 0.337 e. The normalized spacial score (nSPS) is 14.3. The first-order valence-corrected chi connectivity index (χ1v) is 24.7. The standard InChI is InChI=1S/C30H28N6O.C18H11N3O2.C9H17N5/c1-2-35-14-16-36(17-15-35)23-8-5-7-22(18-23)34-30(37)26-11-10-25(28-29(26)33-13-12-32-28)27-20-31-19-21-6-3-4-9-24(21)27;22-18(23)14-6-5-13(16-17(14)21-8-7-20-16)15-10-19-9-11-3-1-2-4-12(11)15;1-13-2-4-14(5-3-13)7-8-6-11-9(10)12-8/h3-13,18-20H,2,14-17H2,1H3,(H,34,37);1-10H,(H,22,23);6H,2-5,7H2,1H3,(H3,10,11,12). The topological polar surface area (TPSA) is 211 Å². The van der Waals surface area contributed by atoms with E-state index in [2.05, 4.69) is 90.9 Å². The highest BCUT2D eigenvalue weighted by Gasteiger charge is 2.21. The van der Waals surface area contributed by atoms with Crippen molar-refractivity contribution in [3.63, 3.8) is 0 Å². The molecule has 5 N–H and O–H groups in total. The van der Waals surface area contributed by atoms with Crippen molar-refractivity contribution >= 4 is 72.8 Å². The number of nitrogen functional groups attached to an aromatic ring is 1. The van der Waals surface area contributed by atoms with E-state index in [0.29, 0.717) is 33.6 Å². The molecule has 0 aliphatic carbocycles. The van der Waals surface area contributed by atoms with Gasteiger partial charge in [-0.05, 0) is 54.7 Å². The molecule has 0 atom stereocenters. The second-order valence-corrected chi connectivity index (χ2v) is 18.2. The molecule has 17 nitrogen and oxygen atoms in total. The van der Waals surface area contributed by atoms with Crippen molar-refractivity contribution in [3.05, 3.63) is 170 Å². The molecule has 74 heavy (non-hydrogen) atoms. The molecule has 2 fully saturated rings. The number of rotatable bonds is 9. The number of hydrogen-bond donors (Lipinski definition) is 4. The summed E-state index contributed by atoms with van der Waals surface area (Å²) in [4.78, 5) is 67.9. The molecular weight excluding hydrogens is 929 g/mol. The minimum atomic E-state index is -1.02. The number of pyridine rings is 2. The molecule has 0 radical (unpaired) electrons. The third-order valence-corrected chi connectivity index (χ3v) is 13.6. The van der Waals surface area contributed by atoms with Gasteiger partial charge in [-0.15, -0.1) is 0 Å². The van der Waals surface area contributed by atoms with Crippen LogP contribution in [-0.4, -0.2) is 138 Å². The molecule has 5 aromatic carbocycles. The van der Waals surface area contributed by atoms with Gasteiger partial charge < -0.3 is 35.8 Å². The van der Waals surface area contributed by atoms with Gasteiger partial charge in [-0.2, -0.15) is 0 Å². The van der Waals surface area contributed by atoms with Crippen LogP contribution in [0.15, 0.2) is 153 Å². The Morgan fingerprint density at radius 1 is 0.595 bits per heavy atom. The van der Waals surface area contributed by atoms with Crippen molar-refractivity contribution in [3.8, 4) is 22.3 Å². The Bertz CT molecular complexity index is 3600. The summed E-state index contributed by atoms with van der Waals surface area (Å²) < 4.78 is 0. The van der Waals surface area contributed by atoms with Crippen LogP contribution in [0.1, 0.15) is 33.3 Å². The Morgan fingerprint density at radius 3 is 1.72 bits per heavy atom.